The highest BCUT2D eigenvalue weighted by molar-refractivity contribution is 7.08. The van der Waals surface area contributed by atoms with Gasteiger partial charge in [0.15, 0.2) is 0 Å². The van der Waals surface area contributed by atoms with Crippen molar-refractivity contribution in [1.29, 1.82) is 0 Å². The van der Waals surface area contributed by atoms with Gasteiger partial charge < -0.3 is 9.80 Å². The maximum atomic E-state index is 12.4. The molecule has 0 bridgehead atoms. The molecule has 0 spiro atoms. The minimum absolute atomic E-state index is 0.0159. The average molecular weight is 332 g/mol. The number of thiophene rings is 1. The second kappa shape index (κ2) is 6.74. The molecule has 0 radical (unpaired) electrons. The van der Waals surface area contributed by atoms with Gasteiger partial charge in [-0.3, -0.25) is 14.9 Å². The number of hydrogen-bond donors (Lipinski definition) is 0. The molecule has 7 nitrogen and oxygen atoms in total. The molecular formula is C15H16N4O3S. The maximum Gasteiger partial charge on any atom is 0.287 e. The van der Waals surface area contributed by atoms with E-state index in [1.54, 1.807) is 6.07 Å². The largest absolute Gasteiger partial charge is 0.355 e. The van der Waals surface area contributed by atoms with E-state index in [9.17, 15) is 14.9 Å². The van der Waals surface area contributed by atoms with Crippen LogP contribution in [0.5, 0.6) is 0 Å². The summed E-state index contributed by atoms with van der Waals surface area (Å²) < 4.78 is 0. The molecule has 2 aromatic heterocycles. The van der Waals surface area contributed by atoms with E-state index in [1.165, 1.54) is 23.6 Å². The number of carbonyl (C=O) groups excluding carboxylic acids is 1. The minimum atomic E-state index is -0.458. The summed E-state index contributed by atoms with van der Waals surface area (Å²) in [5, 5.41) is 14.4. The van der Waals surface area contributed by atoms with E-state index in [4.69, 9.17) is 0 Å². The van der Waals surface area contributed by atoms with Gasteiger partial charge in [0.2, 0.25) is 0 Å². The van der Waals surface area contributed by atoms with Gasteiger partial charge in [-0.25, -0.2) is 4.98 Å². The van der Waals surface area contributed by atoms with Gasteiger partial charge in [-0.05, 0) is 23.9 Å². The summed E-state index contributed by atoms with van der Waals surface area (Å²) in [6.07, 6.45) is 2.11. The molecule has 0 atom stereocenters. The maximum absolute atomic E-state index is 12.4. The Bertz CT molecular complexity index is 687. The molecular weight excluding hydrogens is 316 g/mol. The third-order valence-corrected chi connectivity index (χ3v) is 4.50. The lowest BCUT2D eigenvalue weighted by molar-refractivity contribution is -0.385. The van der Waals surface area contributed by atoms with Crippen LogP contribution in [-0.2, 0) is 0 Å². The van der Waals surface area contributed by atoms with Crippen LogP contribution in [-0.4, -0.2) is 46.9 Å². The molecule has 1 aliphatic rings. The molecule has 1 fully saturated rings. The zero-order valence-electron chi connectivity index (χ0n) is 12.4. The summed E-state index contributed by atoms with van der Waals surface area (Å²) in [4.78, 5) is 30.7. The van der Waals surface area contributed by atoms with Crippen LogP contribution in [0.25, 0.3) is 0 Å². The van der Waals surface area contributed by atoms with Crippen molar-refractivity contribution in [3.63, 3.8) is 0 Å². The van der Waals surface area contributed by atoms with Gasteiger partial charge in [-0.1, -0.05) is 0 Å². The molecule has 23 heavy (non-hydrogen) atoms. The zero-order chi connectivity index (χ0) is 16.2. The Hall–Kier alpha value is -2.48. The van der Waals surface area contributed by atoms with E-state index < -0.39 is 4.92 Å². The van der Waals surface area contributed by atoms with Crippen molar-refractivity contribution in [1.82, 2.24) is 9.88 Å². The van der Waals surface area contributed by atoms with E-state index in [-0.39, 0.29) is 11.6 Å². The van der Waals surface area contributed by atoms with Crippen LogP contribution in [0.4, 0.5) is 11.5 Å². The Labute approximate surface area is 137 Å². The lowest BCUT2D eigenvalue weighted by Crippen LogP contribution is -2.35. The van der Waals surface area contributed by atoms with Crippen LogP contribution in [0.3, 0.4) is 0 Å². The summed E-state index contributed by atoms with van der Waals surface area (Å²) in [6.45, 7) is 2.77. The van der Waals surface area contributed by atoms with E-state index >= 15 is 0 Å². The molecule has 0 unspecified atom stereocenters. The van der Waals surface area contributed by atoms with Gasteiger partial charge in [0.25, 0.3) is 11.6 Å². The number of anilines is 1. The number of aromatic nitrogens is 1. The zero-order valence-corrected chi connectivity index (χ0v) is 13.2. The summed E-state index contributed by atoms with van der Waals surface area (Å²) in [5.41, 5.74) is 0.717. The topological polar surface area (TPSA) is 79.6 Å². The average Bonchev–Trinajstić information content (AvgIpc) is 2.99. The first kappa shape index (κ1) is 15.4. The van der Waals surface area contributed by atoms with Crippen LogP contribution in [0.1, 0.15) is 16.8 Å². The van der Waals surface area contributed by atoms with Crippen molar-refractivity contribution in [3.8, 4) is 0 Å². The van der Waals surface area contributed by atoms with Crippen molar-refractivity contribution in [2.45, 2.75) is 6.42 Å². The second-order valence-electron chi connectivity index (χ2n) is 5.28. The Morgan fingerprint density at radius 3 is 2.74 bits per heavy atom. The third-order valence-electron chi connectivity index (χ3n) is 3.82. The highest BCUT2D eigenvalue weighted by Gasteiger charge is 2.21. The molecule has 1 saturated heterocycles. The van der Waals surface area contributed by atoms with E-state index in [0.717, 1.165) is 18.5 Å². The Morgan fingerprint density at radius 1 is 1.22 bits per heavy atom. The summed E-state index contributed by atoms with van der Waals surface area (Å²) in [6, 6.07) is 4.96. The SMILES string of the molecule is O=C(c1ccsc1)N1CCCN(c2ccc([N+](=O)[O-])cn2)CC1. The molecule has 3 heterocycles. The quantitative estimate of drug-likeness (QED) is 0.637. The number of nitro groups is 1. The lowest BCUT2D eigenvalue weighted by Gasteiger charge is -2.22. The van der Waals surface area contributed by atoms with Gasteiger partial charge in [0.05, 0.1) is 10.5 Å². The summed E-state index contributed by atoms with van der Waals surface area (Å²) >= 11 is 1.52. The number of pyridine rings is 1. The highest BCUT2D eigenvalue weighted by Crippen LogP contribution is 2.18. The van der Waals surface area contributed by atoms with Gasteiger partial charge in [-0.2, -0.15) is 11.3 Å². The first-order chi connectivity index (χ1) is 11.1. The van der Waals surface area contributed by atoms with Crippen LogP contribution in [0.2, 0.25) is 0 Å². The first-order valence-corrected chi connectivity index (χ1v) is 8.26. The van der Waals surface area contributed by atoms with Gasteiger partial charge in [-0.15, -0.1) is 0 Å². The number of amides is 1. The minimum Gasteiger partial charge on any atom is -0.355 e. The number of nitrogens with zero attached hydrogens (tertiary/aromatic N) is 4. The van der Waals surface area contributed by atoms with Crippen LogP contribution >= 0.6 is 11.3 Å². The fourth-order valence-corrected chi connectivity index (χ4v) is 3.22. The molecule has 0 saturated carbocycles. The molecule has 1 aliphatic heterocycles. The van der Waals surface area contributed by atoms with Crippen molar-refractivity contribution >= 4 is 28.7 Å². The lowest BCUT2D eigenvalue weighted by atomic mass is 10.3. The standard InChI is InChI=1S/C15H16N4O3S/c20-15(12-4-9-23-11-12)18-6-1-5-17(7-8-18)14-3-2-13(10-16-14)19(21)22/h2-4,9-11H,1,5-8H2. The normalized spacial score (nSPS) is 15.3. The van der Waals surface area contributed by atoms with Gasteiger partial charge in [0, 0.05) is 37.6 Å². The van der Waals surface area contributed by atoms with Crippen LogP contribution < -0.4 is 4.90 Å². The molecule has 0 aliphatic carbocycles. The fraction of sp³-hybridized carbons (Fsp3) is 0.333. The molecule has 8 heteroatoms. The molecule has 3 rings (SSSR count). The number of carbonyl (C=O) groups is 1. The van der Waals surface area contributed by atoms with Crippen molar-refractivity contribution < 1.29 is 9.72 Å². The van der Waals surface area contributed by atoms with Crippen molar-refractivity contribution in [2.75, 3.05) is 31.1 Å². The smallest absolute Gasteiger partial charge is 0.287 e. The second-order valence-corrected chi connectivity index (χ2v) is 6.06. The Balaban J connectivity index is 1.66. The Kier molecular flexibility index (Phi) is 4.52. The van der Waals surface area contributed by atoms with Gasteiger partial charge >= 0.3 is 0 Å². The fourth-order valence-electron chi connectivity index (χ4n) is 2.59. The number of hydrogen-bond acceptors (Lipinski definition) is 6. The highest BCUT2D eigenvalue weighted by atomic mass is 32.1. The van der Waals surface area contributed by atoms with Crippen molar-refractivity contribution in [2.24, 2.45) is 0 Å². The number of rotatable bonds is 3. The molecule has 0 aromatic carbocycles. The molecule has 120 valence electrons. The first-order valence-electron chi connectivity index (χ1n) is 7.32. The predicted molar refractivity (Wildman–Crippen MR) is 87.9 cm³/mol. The predicted octanol–water partition coefficient (Wildman–Crippen LogP) is 2.40. The van der Waals surface area contributed by atoms with E-state index in [2.05, 4.69) is 9.88 Å². The van der Waals surface area contributed by atoms with Gasteiger partial charge in [0.1, 0.15) is 12.0 Å². The van der Waals surface area contributed by atoms with E-state index in [1.807, 2.05) is 21.7 Å². The third kappa shape index (κ3) is 3.48. The molecule has 1 amide bonds. The van der Waals surface area contributed by atoms with E-state index in [0.29, 0.717) is 25.5 Å². The Morgan fingerprint density at radius 2 is 2.09 bits per heavy atom. The molecule has 0 N–H and O–H groups in total. The molecule has 2 aromatic rings. The van der Waals surface area contributed by atoms with Crippen molar-refractivity contribution in [3.05, 3.63) is 50.8 Å². The van der Waals surface area contributed by atoms with Crippen LogP contribution in [0.15, 0.2) is 35.2 Å². The summed E-state index contributed by atoms with van der Waals surface area (Å²) in [7, 11) is 0. The summed E-state index contributed by atoms with van der Waals surface area (Å²) in [5.74, 6) is 0.769. The van der Waals surface area contributed by atoms with Crippen LogP contribution in [0, 0.1) is 10.1 Å². The monoisotopic (exact) mass is 332 g/mol.